The highest BCUT2D eigenvalue weighted by molar-refractivity contribution is 5.00. The summed E-state index contributed by atoms with van der Waals surface area (Å²) in [5, 5.41) is 3.92. The Hall–Kier alpha value is -0.0400. The van der Waals surface area contributed by atoms with E-state index in [9.17, 15) is 0 Å². The van der Waals surface area contributed by atoms with Crippen LogP contribution in [-0.4, -0.2) is 12.6 Å². The van der Waals surface area contributed by atoms with Gasteiger partial charge in [0.05, 0.1) is 0 Å². The van der Waals surface area contributed by atoms with E-state index in [2.05, 4.69) is 12.2 Å². The molecule has 23 heavy (non-hydrogen) atoms. The van der Waals surface area contributed by atoms with Crippen LogP contribution in [0.3, 0.4) is 0 Å². The van der Waals surface area contributed by atoms with E-state index >= 15 is 0 Å². The summed E-state index contributed by atoms with van der Waals surface area (Å²) in [6.07, 6.45) is 19.8. The van der Waals surface area contributed by atoms with Gasteiger partial charge in [-0.2, -0.15) is 0 Å². The molecular formula is C22H39N. The number of rotatable bonds is 3. The second-order valence-corrected chi connectivity index (χ2v) is 9.36. The lowest BCUT2D eigenvalue weighted by molar-refractivity contribution is 0.105. The molecule has 3 aliphatic carbocycles. The lowest BCUT2D eigenvalue weighted by Crippen LogP contribution is -2.33. The molecule has 1 saturated heterocycles. The van der Waals surface area contributed by atoms with E-state index < -0.39 is 0 Å². The van der Waals surface area contributed by atoms with Crippen LogP contribution in [0.25, 0.3) is 0 Å². The van der Waals surface area contributed by atoms with Gasteiger partial charge in [0.2, 0.25) is 0 Å². The predicted octanol–water partition coefficient (Wildman–Crippen LogP) is 5.79. The third-order valence-corrected chi connectivity index (χ3v) is 8.45. The van der Waals surface area contributed by atoms with Gasteiger partial charge in [-0.15, -0.1) is 0 Å². The maximum Gasteiger partial charge on any atom is 0.00986 e. The lowest BCUT2D eigenvalue weighted by Gasteiger charge is -2.39. The summed E-state index contributed by atoms with van der Waals surface area (Å²) in [4.78, 5) is 0. The lowest BCUT2D eigenvalue weighted by atomic mass is 9.66. The Kier molecular flexibility index (Phi) is 5.33. The molecule has 0 bridgehead atoms. The van der Waals surface area contributed by atoms with Crippen molar-refractivity contribution in [1.82, 2.24) is 5.32 Å². The monoisotopic (exact) mass is 317 g/mol. The van der Waals surface area contributed by atoms with Crippen LogP contribution in [0.4, 0.5) is 0 Å². The van der Waals surface area contributed by atoms with E-state index in [0.717, 1.165) is 41.5 Å². The Labute approximate surface area is 144 Å². The molecule has 0 radical (unpaired) electrons. The van der Waals surface area contributed by atoms with Gasteiger partial charge in [0.15, 0.2) is 0 Å². The quantitative estimate of drug-likeness (QED) is 0.695. The molecule has 3 saturated carbocycles. The molecule has 4 aliphatic rings. The first-order valence-electron chi connectivity index (χ1n) is 11.1. The fourth-order valence-electron chi connectivity index (χ4n) is 7.40. The first-order valence-corrected chi connectivity index (χ1v) is 11.1. The van der Waals surface area contributed by atoms with E-state index in [1.54, 1.807) is 25.7 Å². The summed E-state index contributed by atoms with van der Waals surface area (Å²) in [5.74, 6) is 6.38. The van der Waals surface area contributed by atoms with Crippen molar-refractivity contribution in [3.05, 3.63) is 0 Å². The van der Waals surface area contributed by atoms with E-state index in [0.29, 0.717) is 0 Å². The molecule has 0 amide bonds. The highest BCUT2D eigenvalue weighted by Crippen LogP contribution is 2.52. The molecule has 132 valence electrons. The molecule has 0 spiro atoms. The Morgan fingerprint density at radius 3 is 2.09 bits per heavy atom. The summed E-state index contributed by atoms with van der Waals surface area (Å²) in [7, 11) is 0. The van der Waals surface area contributed by atoms with Crippen LogP contribution >= 0.6 is 0 Å². The van der Waals surface area contributed by atoms with Crippen molar-refractivity contribution in [3.63, 3.8) is 0 Å². The van der Waals surface area contributed by atoms with Gasteiger partial charge < -0.3 is 5.32 Å². The van der Waals surface area contributed by atoms with Crippen LogP contribution in [0.5, 0.6) is 0 Å². The van der Waals surface area contributed by atoms with Crippen molar-refractivity contribution in [2.24, 2.45) is 35.5 Å². The van der Waals surface area contributed by atoms with Crippen molar-refractivity contribution in [3.8, 4) is 0 Å². The molecule has 0 aromatic rings. The molecule has 4 rings (SSSR count). The Morgan fingerprint density at radius 2 is 1.26 bits per heavy atom. The molecule has 7 unspecified atom stereocenters. The minimum absolute atomic E-state index is 0.903. The Bertz CT molecular complexity index is 378. The zero-order valence-electron chi connectivity index (χ0n) is 15.4. The Morgan fingerprint density at radius 1 is 0.609 bits per heavy atom. The number of hydrogen-bond acceptors (Lipinski definition) is 1. The average molecular weight is 318 g/mol. The van der Waals surface area contributed by atoms with Gasteiger partial charge in [-0.25, -0.2) is 0 Å². The van der Waals surface area contributed by atoms with Crippen molar-refractivity contribution < 1.29 is 0 Å². The van der Waals surface area contributed by atoms with Crippen LogP contribution in [0.15, 0.2) is 0 Å². The van der Waals surface area contributed by atoms with Crippen molar-refractivity contribution >= 4 is 0 Å². The maximum atomic E-state index is 3.92. The molecule has 0 aromatic carbocycles. The standard InChI is InChI=1S/C22H39N/c1-2-16-9-5-3-4-6-10-17(16)18-11-7-12-19(18)21-15-23-22-14-8-13-20(21)22/h16-23H,2-15H2,1H3. The third kappa shape index (κ3) is 3.24. The van der Waals surface area contributed by atoms with Crippen molar-refractivity contribution in [2.45, 2.75) is 96.4 Å². The topological polar surface area (TPSA) is 12.0 Å². The second kappa shape index (κ2) is 7.46. The fourth-order valence-corrected chi connectivity index (χ4v) is 7.40. The van der Waals surface area contributed by atoms with Gasteiger partial charge in [0.25, 0.3) is 0 Å². The molecule has 1 N–H and O–H groups in total. The third-order valence-electron chi connectivity index (χ3n) is 8.45. The highest BCUT2D eigenvalue weighted by Gasteiger charge is 2.47. The largest absolute Gasteiger partial charge is 0.313 e. The van der Waals surface area contributed by atoms with Gasteiger partial charge in [0, 0.05) is 6.04 Å². The van der Waals surface area contributed by atoms with Gasteiger partial charge in [-0.05, 0) is 74.2 Å². The molecule has 7 atom stereocenters. The molecule has 1 aliphatic heterocycles. The molecule has 1 heteroatoms. The molecule has 0 aromatic heterocycles. The zero-order valence-corrected chi connectivity index (χ0v) is 15.4. The van der Waals surface area contributed by atoms with Crippen LogP contribution < -0.4 is 5.32 Å². The minimum Gasteiger partial charge on any atom is -0.313 e. The molecule has 4 fully saturated rings. The molecule has 1 nitrogen and oxygen atoms in total. The summed E-state index contributed by atoms with van der Waals surface area (Å²) < 4.78 is 0. The average Bonchev–Trinajstić information content (AvgIpc) is 3.22. The first-order chi connectivity index (χ1) is 11.4. The highest BCUT2D eigenvalue weighted by atomic mass is 15.0. The summed E-state index contributed by atoms with van der Waals surface area (Å²) >= 11 is 0. The van der Waals surface area contributed by atoms with Crippen LogP contribution in [0, 0.1) is 35.5 Å². The number of fused-ring (bicyclic) bond motifs is 1. The van der Waals surface area contributed by atoms with E-state index in [1.165, 1.54) is 64.3 Å². The number of hydrogen-bond donors (Lipinski definition) is 1. The summed E-state index contributed by atoms with van der Waals surface area (Å²) in [6.45, 7) is 3.84. The van der Waals surface area contributed by atoms with E-state index in [4.69, 9.17) is 0 Å². The fraction of sp³-hybridized carbons (Fsp3) is 1.00. The molecule has 1 heterocycles. The van der Waals surface area contributed by atoms with Gasteiger partial charge in [-0.1, -0.05) is 58.3 Å². The summed E-state index contributed by atoms with van der Waals surface area (Å²) in [6, 6.07) is 0.903. The van der Waals surface area contributed by atoms with Crippen molar-refractivity contribution in [1.29, 1.82) is 0 Å². The van der Waals surface area contributed by atoms with E-state index in [-0.39, 0.29) is 0 Å². The summed E-state index contributed by atoms with van der Waals surface area (Å²) in [5.41, 5.74) is 0. The predicted molar refractivity (Wildman–Crippen MR) is 98.4 cm³/mol. The van der Waals surface area contributed by atoms with Crippen LogP contribution in [0.1, 0.15) is 90.4 Å². The van der Waals surface area contributed by atoms with Gasteiger partial charge in [-0.3, -0.25) is 0 Å². The van der Waals surface area contributed by atoms with Gasteiger partial charge in [0.1, 0.15) is 0 Å². The van der Waals surface area contributed by atoms with Crippen LogP contribution in [-0.2, 0) is 0 Å². The SMILES string of the molecule is CCC1CCCCCCC1C1CCCC1C1CNC2CCCC21. The molecular weight excluding hydrogens is 278 g/mol. The Balaban J connectivity index is 1.49. The minimum atomic E-state index is 0.903. The normalized spacial score (nSPS) is 48.1. The van der Waals surface area contributed by atoms with Gasteiger partial charge >= 0.3 is 0 Å². The zero-order chi connectivity index (χ0) is 15.6. The maximum absolute atomic E-state index is 3.92. The number of nitrogens with one attached hydrogen (secondary N) is 1. The van der Waals surface area contributed by atoms with Crippen molar-refractivity contribution in [2.75, 3.05) is 6.54 Å². The smallest absolute Gasteiger partial charge is 0.00986 e. The first kappa shape index (κ1) is 16.4. The second-order valence-electron chi connectivity index (χ2n) is 9.36. The van der Waals surface area contributed by atoms with E-state index in [1.807, 2.05) is 0 Å². The van der Waals surface area contributed by atoms with Crippen LogP contribution in [0.2, 0.25) is 0 Å².